The van der Waals surface area contributed by atoms with Crippen LogP contribution in [0.15, 0.2) is 30.3 Å². The normalized spacial score (nSPS) is 20.8. The van der Waals surface area contributed by atoms with Crippen molar-refractivity contribution in [2.75, 3.05) is 18.4 Å². The maximum atomic E-state index is 12.1. The van der Waals surface area contributed by atoms with Crippen LogP contribution in [0.4, 0.5) is 0 Å². The van der Waals surface area contributed by atoms with Crippen molar-refractivity contribution in [1.29, 1.82) is 0 Å². The van der Waals surface area contributed by atoms with Gasteiger partial charge < -0.3 is 4.90 Å². The van der Waals surface area contributed by atoms with Crippen LogP contribution >= 0.6 is 15.9 Å². The minimum Gasteiger partial charge on any atom is -0.342 e. The Hall–Kier alpha value is -0.830. The Kier molecular flexibility index (Phi) is 5.44. The summed E-state index contributed by atoms with van der Waals surface area (Å²) in [6.07, 6.45) is 3.09. The molecule has 1 aliphatic rings. The van der Waals surface area contributed by atoms with Gasteiger partial charge in [0.1, 0.15) is 0 Å². The second-order valence-corrected chi connectivity index (χ2v) is 6.07. The van der Waals surface area contributed by atoms with E-state index >= 15 is 0 Å². The molecule has 0 saturated carbocycles. The van der Waals surface area contributed by atoms with E-state index in [2.05, 4.69) is 52.0 Å². The van der Waals surface area contributed by atoms with Crippen molar-refractivity contribution >= 4 is 21.8 Å². The standard InChI is InChI=1S/C16H22BrNO/c1-2-6-13-9-16(19)18(11-13)12-15(10-17)14-7-4-3-5-8-14/h3-5,7-8,13,15H,2,6,9-12H2,1H3. The summed E-state index contributed by atoms with van der Waals surface area (Å²) in [7, 11) is 0. The number of alkyl halides is 1. The van der Waals surface area contributed by atoms with E-state index in [4.69, 9.17) is 0 Å². The Balaban J connectivity index is 1.98. The van der Waals surface area contributed by atoms with Gasteiger partial charge in [-0.2, -0.15) is 0 Å². The summed E-state index contributed by atoms with van der Waals surface area (Å²) < 4.78 is 0. The first kappa shape index (κ1) is 14.6. The van der Waals surface area contributed by atoms with Crippen molar-refractivity contribution < 1.29 is 4.79 Å². The monoisotopic (exact) mass is 323 g/mol. The van der Waals surface area contributed by atoms with Gasteiger partial charge in [0.25, 0.3) is 0 Å². The molecule has 1 amide bonds. The number of nitrogens with zero attached hydrogens (tertiary/aromatic N) is 1. The van der Waals surface area contributed by atoms with Crippen molar-refractivity contribution in [3.05, 3.63) is 35.9 Å². The van der Waals surface area contributed by atoms with Gasteiger partial charge >= 0.3 is 0 Å². The highest BCUT2D eigenvalue weighted by Crippen LogP contribution is 2.26. The first-order valence-electron chi connectivity index (χ1n) is 7.13. The molecule has 1 heterocycles. The molecule has 0 N–H and O–H groups in total. The van der Waals surface area contributed by atoms with E-state index in [-0.39, 0.29) is 0 Å². The summed E-state index contributed by atoms with van der Waals surface area (Å²) >= 11 is 3.59. The molecule has 1 aromatic carbocycles. The molecule has 0 aliphatic carbocycles. The molecular formula is C16H22BrNO. The highest BCUT2D eigenvalue weighted by atomic mass is 79.9. The third-order valence-corrected chi connectivity index (χ3v) is 4.67. The van der Waals surface area contributed by atoms with Gasteiger partial charge in [-0.3, -0.25) is 4.79 Å². The van der Waals surface area contributed by atoms with E-state index in [0.29, 0.717) is 17.7 Å². The molecule has 2 atom stereocenters. The van der Waals surface area contributed by atoms with Gasteiger partial charge in [-0.05, 0) is 17.9 Å². The van der Waals surface area contributed by atoms with Crippen molar-refractivity contribution in [1.82, 2.24) is 4.90 Å². The quantitative estimate of drug-likeness (QED) is 0.729. The topological polar surface area (TPSA) is 20.3 Å². The van der Waals surface area contributed by atoms with Gasteiger partial charge in [-0.25, -0.2) is 0 Å². The summed E-state index contributed by atoms with van der Waals surface area (Å²) in [6, 6.07) is 10.5. The molecule has 2 unspecified atom stereocenters. The van der Waals surface area contributed by atoms with Gasteiger partial charge in [0, 0.05) is 30.8 Å². The van der Waals surface area contributed by atoms with Crippen LogP contribution in [0.25, 0.3) is 0 Å². The second-order valence-electron chi connectivity index (χ2n) is 5.42. The SMILES string of the molecule is CCCC1CC(=O)N(CC(CBr)c2ccccc2)C1. The number of benzene rings is 1. The van der Waals surface area contributed by atoms with Crippen molar-refractivity contribution in [2.24, 2.45) is 5.92 Å². The Bertz CT molecular complexity index is 406. The fourth-order valence-electron chi connectivity index (χ4n) is 2.87. The molecule has 2 nitrogen and oxygen atoms in total. The Labute approximate surface area is 124 Å². The molecule has 1 aliphatic heterocycles. The molecule has 1 saturated heterocycles. The number of hydrogen-bond acceptors (Lipinski definition) is 1. The van der Waals surface area contributed by atoms with Crippen LogP contribution in [-0.4, -0.2) is 29.2 Å². The van der Waals surface area contributed by atoms with E-state index in [1.165, 1.54) is 18.4 Å². The van der Waals surface area contributed by atoms with Crippen LogP contribution in [0.3, 0.4) is 0 Å². The fraction of sp³-hybridized carbons (Fsp3) is 0.562. The zero-order valence-corrected chi connectivity index (χ0v) is 13.1. The molecule has 3 heteroatoms. The lowest BCUT2D eigenvalue weighted by atomic mass is 10.0. The average Bonchev–Trinajstić information content (AvgIpc) is 2.77. The molecule has 0 radical (unpaired) electrons. The number of hydrogen-bond donors (Lipinski definition) is 0. The molecule has 0 aromatic heterocycles. The van der Waals surface area contributed by atoms with Crippen LogP contribution < -0.4 is 0 Å². The number of likely N-dealkylation sites (tertiary alicyclic amines) is 1. The van der Waals surface area contributed by atoms with E-state index in [1.54, 1.807) is 0 Å². The first-order chi connectivity index (χ1) is 9.24. The van der Waals surface area contributed by atoms with Crippen LogP contribution in [0.2, 0.25) is 0 Å². The molecule has 1 fully saturated rings. The number of rotatable bonds is 6. The Morgan fingerprint density at radius 2 is 2.11 bits per heavy atom. The third-order valence-electron chi connectivity index (χ3n) is 3.89. The average molecular weight is 324 g/mol. The van der Waals surface area contributed by atoms with Crippen LogP contribution in [0, 0.1) is 5.92 Å². The molecule has 1 aromatic rings. The summed E-state index contributed by atoms with van der Waals surface area (Å²) in [4.78, 5) is 14.1. The minimum atomic E-state index is 0.334. The summed E-state index contributed by atoms with van der Waals surface area (Å²) in [5.41, 5.74) is 1.31. The fourth-order valence-corrected chi connectivity index (χ4v) is 3.45. The predicted molar refractivity (Wildman–Crippen MR) is 82.6 cm³/mol. The molecule has 104 valence electrons. The van der Waals surface area contributed by atoms with E-state index in [9.17, 15) is 4.79 Å². The van der Waals surface area contributed by atoms with Gasteiger partial charge in [-0.1, -0.05) is 59.6 Å². The predicted octanol–water partition coefficient (Wildman–Crippen LogP) is 3.81. The molecule has 2 rings (SSSR count). The second kappa shape index (κ2) is 7.09. The molecular weight excluding hydrogens is 302 g/mol. The number of carbonyl (C=O) groups is 1. The van der Waals surface area contributed by atoms with E-state index in [1.807, 2.05) is 6.07 Å². The van der Waals surface area contributed by atoms with Gasteiger partial charge in [0.15, 0.2) is 0 Å². The Morgan fingerprint density at radius 1 is 1.37 bits per heavy atom. The van der Waals surface area contributed by atoms with Crippen LogP contribution in [0.1, 0.15) is 37.7 Å². The first-order valence-corrected chi connectivity index (χ1v) is 8.25. The third kappa shape index (κ3) is 3.82. The summed E-state index contributed by atoms with van der Waals surface area (Å²) in [6.45, 7) is 3.98. The maximum Gasteiger partial charge on any atom is 0.222 e. The highest BCUT2D eigenvalue weighted by molar-refractivity contribution is 9.09. The number of halogens is 1. The van der Waals surface area contributed by atoms with Gasteiger partial charge in [0.05, 0.1) is 0 Å². The Morgan fingerprint density at radius 3 is 2.74 bits per heavy atom. The maximum absolute atomic E-state index is 12.1. The smallest absolute Gasteiger partial charge is 0.222 e. The van der Waals surface area contributed by atoms with Crippen LogP contribution in [0.5, 0.6) is 0 Å². The molecule has 0 bridgehead atoms. The number of amides is 1. The van der Waals surface area contributed by atoms with Crippen molar-refractivity contribution in [3.63, 3.8) is 0 Å². The summed E-state index contributed by atoms with van der Waals surface area (Å²) in [5, 5.41) is 0.902. The lowest BCUT2D eigenvalue weighted by Gasteiger charge is -2.23. The lowest BCUT2D eigenvalue weighted by Crippen LogP contribution is -2.30. The largest absolute Gasteiger partial charge is 0.342 e. The zero-order valence-electron chi connectivity index (χ0n) is 11.5. The van der Waals surface area contributed by atoms with Gasteiger partial charge in [0.2, 0.25) is 5.91 Å². The van der Waals surface area contributed by atoms with E-state index < -0.39 is 0 Å². The zero-order chi connectivity index (χ0) is 13.7. The number of carbonyl (C=O) groups excluding carboxylic acids is 1. The van der Waals surface area contributed by atoms with Gasteiger partial charge in [-0.15, -0.1) is 0 Å². The lowest BCUT2D eigenvalue weighted by molar-refractivity contribution is -0.127. The molecule has 19 heavy (non-hydrogen) atoms. The van der Waals surface area contributed by atoms with Crippen LogP contribution in [-0.2, 0) is 4.79 Å². The highest BCUT2D eigenvalue weighted by Gasteiger charge is 2.30. The van der Waals surface area contributed by atoms with Crippen molar-refractivity contribution in [2.45, 2.75) is 32.1 Å². The van der Waals surface area contributed by atoms with Crippen molar-refractivity contribution in [3.8, 4) is 0 Å². The summed E-state index contributed by atoms with van der Waals surface area (Å²) in [5.74, 6) is 1.30. The molecule has 0 spiro atoms. The van der Waals surface area contributed by atoms with E-state index in [0.717, 1.165) is 24.8 Å². The minimum absolute atomic E-state index is 0.334.